The van der Waals surface area contributed by atoms with Crippen LogP contribution in [0.5, 0.6) is 5.75 Å². The van der Waals surface area contributed by atoms with Crippen LogP contribution < -0.4 is 4.74 Å². The zero-order valence-corrected chi connectivity index (χ0v) is 17.8. The van der Waals surface area contributed by atoms with Crippen molar-refractivity contribution in [3.8, 4) is 38.0 Å². The fourth-order valence-electron chi connectivity index (χ4n) is 3.07. The first-order chi connectivity index (χ1) is 14.6. The second kappa shape index (κ2) is 9.01. The van der Waals surface area contributed by atoms with Crippen molar-refractivity contribution >= 4 is 17.1 Å². The van der Waals surface area contributed by atoms with Gasteiger partial charge in [0.05, 0.1) is 6.61 Å². The average molecular weight is 415 g/mol. The van der Waals surface area contributed by atoms with Gasteiger partial charge < -0.3 is 4.74 Å². The lowest BCUT2D eigenvalue weighted by Crippen LogP contribution is -1.94. The molecule has 0 bridgehead atoms. The summed E-state index contributed by atoms with van der Waals surface area (Å²) in [6, 6.07) is 24.0. The number of carbonyl (C=O) groups excluding carboxylic acids is 1. The molecule has 1 aromatic heterocycles. The van der Waals surface area contributed by atoms with Gasteiger partial charge in [-0.1, -0.05) is 78.9 Å². The molecule has 0 aliphatic heterocycles. The largest absolute Gasteiger partial charge is 0.494 e. The third-order valence-corrected chi connectivity index (χ3v) is 5.78. The molecule has 4 aromatic rings. The number of carbonyl (C=O) groups is 1. The summed E-state index contributed by atoms with van der Waals surface area (Å²) in [5.41, 5.74) is 4.99. The van der Waals surface area contributed by atoms with Crippen molar-refractivity contribution in [1.82, 2.24) is 10.2 Å². The summed E-state index contributed by atoms with van der Waals surface area (Å²) in [6.45, 7) is 4.40. The minimum atomic E-state index is 0.0581. The van der Waals surface area contributed by atoms with E-state index in [0.717, 1.165) is 51.0 Å². The predicted molar refractivity (Wildman–Crippen MR) is 122 cm³/mol. The highest BCUT2D eigenvalue weighted by atomic mass is 32.1. The van der Waals surface area contributed by atoms with Crippen molar-refractivity contribution < 1.29 is 9.53 Å². The first-order valence-electron chi connectivity index (χ1n) is 9.92. The fraction of sp³-hybridized carbons (Fsp3) is 0.160. The standard InChI is InChI=1S/C25H22N2O2S/c1-3-16-29-23-14-12-20(13-15-23)19-6-10-22(11-7-19)25-27-26-24(30-25)21-8-4-18(5-9-21)17(2)28/h4-15H,3,16H2,1-2H3. The van der Waals surface area contributed by atoms with E-state index in [-0.39, 0.29) is 5.78 Å². The highest BCUT2D eigenvalue weighted by molar-refractivity contribution is 7.17. The van der Waals surface area contributed by atoms with Crippen molar-refractivity contribution in [3.05, 3.63) is 78.4 Å². The minimum absolute atomic E-state index is 0.0581. The van der Waals surface area contributed by atoms with Gasteiger partial charge in [0.25, 0.3) is 0 Å². The number of aromatic nitrogens is 2. The molecule has 0 atom stereocenters. The van der Waals surface area contributed by atoms with E-state index in [9.17, 15) is 4.79 Å². The Hall–Kier alpha value is -3.31. The second-order valence-corrected chi connectivity index (χ2v) is 7.97. The maximum absolute atomic E-state index is 11.4. The van der Waals surface area contributed by atoms with Crippen molar-refractivity contribution in [2.45, 2.75) is 20.3 Å². The van der Waals surface area contributed by atoms with Crippen molar-refractivity contribution in [2.24, 2.45) is 0 Å². The van der Waals surface area contributed by atoms with E-state index in [1.54, 1.807) is 18.3 Å². The molecule has 4 nitrogen and oxygen atoms in total. The molecule has 0 amide bonds. The Labute approximate surface area is 180 Å². The molecule has 0 saturated heterocycles. The summed E-state index contributed by atoms with van der Waals surface area (Å²) < 4.78 is 5.65. The third kappa shape index (κ3) is 4.47. The molecule has 0 aliphatic carbocycles. The van der Waals surface area contributed by atoms with Crippen LogP contribution in [0.15, 0.2) is 72.8 Å². The van der Waals surface area contributed by atoms with Crippen LogP contribution in [0.4, 0.5) is 0 Å². The summed E-state index contributed by atoms with van der Waals surface area (Å²) in [5, 5.41) is 10.4. The highest BCUT2D eigenvalue weighted by Gasteiger charge is 2.10. The van der Waals surface area contributed by atoms with Crippen molar-refractivity contribution in [3.63, 3.8) is 0 Å². The Morgan fingerprint density at radius 1 is 0.767 bits per heavy atom. The van der Waals surface area contributed by atoms with Crippen molar-refractivity contribution in [1.29, 1.82) is 0 Å². The lowest BCUT2D eigenvalue weighted by atomic mass is 10.0. The SMILES string of the molecule is CCCOc1ccc(-c2ccc(-c3nnc(-c4ccc(C(C)=O)cc4)s3)cc2)cc1. The molecule has 0 unspecified atom stereocenters. The Morgan fingerprint density at radius 2 is 1.23 bits per heavy atom. The van der Waals surface area contributed by atoms with Crippen LogP contribution in [0.3, 0.4) is 0 Å². The summed E-state index contributed by atoms with van der Waals surface area (Å²) in [6.07, 6.45) is 1.00. The van der Waals surface area contributed by atoms with Gasteiger partial charge in [0, 0.05) is 16.7 Å². The van der Waals surface area contributed by atoms with Gasteiger partial charge in [0.1, 0.15) is 15.8 Å². The molecule has 150 valence electrons. The minimum Gasteiger partial charge on any atom is -0.494 e. The van der Waals surface area contributed by atoms with Gasteiger partial charge >= 0.3 is 0 Å². The number of benzene rings is 3. The topological polar surface area (TPSA) is 52.1 Å². The number of rotatable bonds is 7. The van der Waals surface area contributed by atoms with Crippen LogP contribution >= 0.6 is 11.3 Å². The maximum Gasteiger partial charge on any atom is 0.159 e. The molecule has 5 heteroatoms. The molecule has 0 radical (unpaired) electrons. The molecule has 30 heavy (non-hydrogen) atoms. The van der Waals surface area contributed by atoms with E-state index < -0.39 is 0 Å². The van der Waals surface area contributed by atoms with Crippen LogP contribution in [0.1, 0.15) is 30.6 Å². The molecule has 1 heterocycles. The quantitative estimate of drug-likeness (QED) is 0.323. The van der Waals surface area contributed by atoms with Gasteiger partial charge in [-0.25, -0.2) is 0 Å². The monoisotopic (exact) mass is 414 g/mol. The summed E-state index contributed by atoms with van der Waals surface area (Å²) in [7, 11) is 0. The summed E-state index contributed by atoms with van der Waals surface area (Å²) in [5.74, 6) is 0.956. The van der Waals surface area contributed by atoms with Crippen LogP contribution in [0.25, 0.3) is 32.3 Å². The van der Waals surface area contributed by atoms with E-state index in [1.165, 1.54) is 0 Å². The van der Waals surface area contributed by atoms with Gasteiger partial charge in [-0.15, -0.1) is 10.2 Å². The summed E-state index contributed by atoms with van der Waals surface area (Å²) >= 11 is 1.54. The average Bonchev–Trinajstić information content (AvgIpc) is 3.28. The van der Waals surface area contributed by atoms with Crippen molar-refractivity contribution in [2.75, 3.05) is 6.61 Å². The molecule has 0 aliphatic rings. The number of hydrogen-bond acceptors (Lipinski definition) is 5. The number of ether oxygens (including phenoxy) is 1. The number of nitrogens with zero attached hydrogens (tertiary/aromatic N) is 2. The maximum atomic E-state index is 11.4. The second-order valence-electron chi connectivity index (χ2n) is 7.00. The van der Waals surface area contributed by atoms with E-state index in [1.807, 2.05) is 36.4 Å². The molecular formula is C25H22N2O2S. The van der Waals surface area contributed by atoms with Gasteiger partial charge in [-0.2, -0.15) is 0 Å². The lowest BCUT2D eigenvalue weighted by Gasteiger charge is -2.06. The Kier molecular flexibility index (Phi) is 6.00. The molecular weight excluding hydrogens is 392 g/mol. The molecule has 0 N–H and O–H groups in total. The highest BCUT2D eigenvalue weighted by Crippen LogP contribution is 2.31. The number of ketones is 1. The molecule has 0 spiro atoms. The zero-order valence-electron chi connectivity index (χ0n) is 17.0. The van der Waals surface area contributed by atoms with Crippen LogP contribution in [-0.4, -0.2) is 22.6 Å². The number of hydrogen-bond donors (Lipinski definition) is 0. The first-order valence-corrected chi connectivity index (χ1v) is 10.7. The first kappa shape index (κ1) is 20.0. The summed E-state index contributed by atoms with van der Waals surface area (Å²) in [4.78, 5) is 11.4. The third-order valence-electron chi connectivity index (χ3n) is 4.76. The Balaban J connectivity index is 1.50. The fourth-order valence-corrected chi connectivity index (χ4v) is 3.93. The van der Waals surface area contributed by atoms with E-state index >= 15 is 0 Å². The Bertz CT molecular complexity index is 1130. The van der Waals surface area contributed by atoms with E-state index in [4.69, 9.17) is 4.74 Å². The molecule has 4 rings (SSSR count). The lowest BCUT2D eigenvalue weighted by molar-refractivity contribution is 0.101. The van der Waals surface area contributed by atoms with Gasteiger partial charge in [0.15, 0.2) is 5.78 Å². The number of Topliss-reactive ketones (excluding diaryl/α,β-unsaturated/α-hetero) is 1. The van der Waals surface area contributed by atoms with E-state index in [0.29, 0.717) is 5.56 Å². The van der Waals surface area contributed by atoms with Crippen LogP contribution in [0.2, 0.25) is 0 Å². The van der Waals surface area contributed by atoms with E-state index in [2.05, 4.69) is 53.5 Å². The van der Waals surface area contributed by atoms with Gasteiger partial charge in [-0.3, -0.25) is 4.79 Å². The van der Waals surface area contributed by atoms with Gasteiger partial charge in [-0.05, 0) is 36.6 Å². The zero-order chi connectivity index (χ0) is 20.9. The molecule has 0 saturated carbocycles. The predicted octanol–water partition coefficient (Wildman–Crippen LogP) is 6.53. The molecule has 3 aromatic carbocycles. The molecule has 0 fully saturated rings. The van der Waals surface area contributed by atoms with Gasteiger partial charge in [0.2, 0.25) is 0 Å². The normalized spacial score (nSPS) is 10.7. The smallest absolute Gasteiger partial charge is 0.159 e. The van der Waals surface area contributed by atoms with Crippen LogP contribution in [0, 0.1) is 0 Å². The van der Waals surface area contributed by atoms with Crippen LogP contribution in [-0.2, 0) is 0 Å². The Morgan fingerprint density at radius 3 is 1.73 bits per heavy atom.